The third-order valence-corrected chi connectivity index (χ3v) is 3.79. The molecular formula is C19H30N2O6. The van der Waals surface area contributed by atoms with Crippen LogP contribution in [0.1, 0.15) is 42.7 Å². The summed E-state index contributed by atoms with van der Waals surface area (Å²) in [6.45, 7) is 5.91. The molecule has 0 atom stereocenters. The predicted molar refractivity (Wildman–Crippen MR) is 97.3 cm³/mol. The Bertz CT molecular complexity index is 613. The Morgan fingerprint density at radius 1 is 0.778 bits per heavy atom. The molecule has 0 unspecified atom stereocenters. The molecule has 152 valence electrons. The molecule has 0 amide bonds. The molecule has 8 heteroatoms. The minimum atomic E-state index is 0.374. The molecule has 0 saturated carbocycles. The Morgan fingerprint density at radius 3 is 2.30 bits per heavy atom. The maximum absolute atomic E-state index is 5.56. The molecule has 0 aliphatic rings. The van der Waals surface area contributed by atoms with Crippen LogP contribution in [0.2, 0.25) is 0 Å². The van der Waals surface area contributed by atoms with Gasteiger partial charge < -0.3 is 28.0 Å². The number of rotatable bonds is 16. The van der Waals surface area contributed by atoms with Gasteiger partial charge in [0.05, 0.1) is 25.5 Å². The molecule has 0 N–H and O–H groups in total. The second-order valence-corrected chi connectivity index (χ2v) is 6.09. The lowest BCUT2D eigenvalue weighted by Gasteiger charge is -2.03. The molecule has 0 spiro atoms. The van der Waals surface area contributed by atoms with Gasteiger partial charge in [0.1, 0.15) is 18.1 Å². The fourth-order valence-corrected chi connectivity index (χ4v) is 2.36. The van der Waals surface area contributed by atoms with Gasteiger partial charge in [0.25, 0.3) is 0 Å². The van der Waals surface area contributed by atoms with E-state index in [0.29, 0.717) is 52.0 Å². The zero-order valence-corrected chi connectivity index (χ0v) is 16.3. The van der Waals surface area contributed by atoms with Gasteiger partial charge in [-0.05, 0) is 19.3 Å². The van der Waals surface area contributed by atoms with Gasteiger partial charge in [0.15, 0.2) is 5.76 Å². The van der Waals surface area contributed by atoms with Crippen LogP contribution < -0.4 is 0 Å². The normalized spacial score (nSPS) is 11.3. The zero-order chi connectivity index (χ0) is 19.2. The first-order valence-electron chi connectivity index (χ1n) is 9.43. The molecule has 0 radical (unpaired) electrons. The fourth-order valence-electron chi connectivity index (χ4n) is 2.36. The lowest BCUT2D eigenvalue weighted by molar-refractivity contribution is 0.0323. The molecule has 0 bridgehead atoms. The summed E-state index contributed by atoms with van der Waals surface area (Å²) in [6, 6.07) is 3.85. The second kappa shape index (κ2) is 13.4. The highest BCUT2D eigenvalue weighted by Gasteiger charge is 2.05. The summed E-state index contributed by atoms with van der Waals surface area (Å²) in [5, 5.41) is 7.97. The molecule has 8 nitrogen and oxygen atoms in total. The summed E-state index contributed by atoms with van der Waals surface area (Å²) in [4.78, 5) is 0. The van der Waals surface area contributed by atoms with Crippen LogP contribution in [0.5, 0.6) is 0 Å². The Labute approximate surface area is 160 Å². The zero-order valence-electron chi connectivity index (χ0n) is 16.3. The summed E-state index contributed by atoms with van der Waals surface area (Å²) >= 11 is 0. The summed E-state index contributed by atoms with van der Waals surface area (Å²) in [7, 11) is 1.68. The van der Waals surface area contributed by atoms with Gasteiger partial charge in [0, 0.05) is 45.5 Å². The van der Waals surface area contributed by atoms with Gasteiger partial charge in [-0.3, -0.25) is 0 Å². The van der Waals surface area contributed by atoms with E-state index >= 15 is 0 Å². The highest BCUT2D eigenvalue weighted by atomic mass is 16.5. The summed E-state index contributed by atoms with van der Waals surface area (Å²) in [5.41, 5.74) is 1.75. The highest BCUT2D eigenvalue weighted by molar-refractivity contribution is 5.05. The van der Waals surface area contributed by atoms with Crippen molar-refractivity contribution in [2.24, 2.45) is 0 Å². The van der Waals surface area contributed by atoms with Crippen molar-refractivity contribution in [2.75, 3.05) is 40.1 Å². The molecule has 0 fully saturated rings. The van der Waals surface area contributed by atoms with E-state index in [4.69, 9.17) is 28.0 Å². The first kappa shape index (κ1) is 21.6. The average Bonchev–Trinajstić information content (AvgIpc) is 3.33. The number of methoxy groups -OCH3 is 1. The number of aromatic nitrogens is 2. The third-order valence-electron chi connectivity index (χ3n) is 3.79. The Morgan fingerprint density at radius 2 is 1.48 bits per heavy atom. The van der Waals surface area contributed by atoms with Crippen molar-refractivity contribution in [3.05, 3.63) is 35.0 Å². The van der Waals surface area contributed by atoms with Crippen LogP contribution >= 0.6 is 0 Å². The summed E-state index contributed by atoms with van der Waals surface area (Å²) < 4.78 is 31.9. The Balaban J connectivity index is 1.43. The summed E-state index contributed by atoms with van der Waals surface area (Å²) in [6.07, 6.45) is 3.50. The van der Waals surface area contributed by atoms with Crippen LogP contribution in [0.25, 0.3) is 0 Å². The van der Waals surface area contributed by atoms with E-state index in [1.165, 1.54) is 0 Å². The molecule has 0 saturated heterocycles. The van der Waals surface area contributed by atoms with Gasteiger partial charge in [-0.25, -0.2) is 0 Å². The van der Waals surface area contributed by atoms with Crippen molar-refractivity contribution in [2.45, 2.75) is 45.8 Å². The van der Waals surface area contributed by atoms with E-state index in [9.17, 15) is 0 Å². The van der Waals surface area contributed by atoms with Crippen molar-refractivity contribution < 1.29 is 28.0 Å². The number of hydrogen-bond donors (Lipinski definition) is 0. The minimum Gasteiger partial charge on any atom is -0.385 e. The second-order valence-electron chi connectivity index (χ2n) is 6.09. The van der Waals surface area contributed by atoms with Crippen molar-refractivity contribution in [1.82, 2.24) is 10.3 Å². The topological polar surface area (TPSA) is 89.0 Å². The van der Waals surface area contributed by atoms with E-state index < -0.39 is 0 Å². The molecule has 27 heavy (non-hydrogen) atoms. The molecule has 2 rings (SSSR count). The Kier molecular flexibility index (Phi) is 10.7. The van der Waals surface area contributed by atoms with E-state index in [1.54, 1.807) is 7.11 Å². The SMILES string of the molecule is CCc1cc(CCCOCCOCc2cc(COCCCOC)no2)no1. The quantitative estimate of drug-likeness (QED) is 0.409. The minimum absolute atomic E-state index is 0.374. The van der Waals surface area contributed by atoms with Crippen LogP contribution in [0.15, 0.2) is 21.2 Å². The van der Waals surface area contributed by atoms with Crippen molar-refractivity contribution in [1.29, 1.82) is 0 Å². The molecule has 2 aromatic rings. The number of hydrogen-bond acceptors (Lipinski definition) is 8. The molecule has 2 aromatic heterocycles. The average molecular weight is 382 g/mol. The van der Waals surface area contributed by atoms with Crippen LogP contribution in [0.3, 0.4) is 0 Å². The van der Waals surface area contributed by atoms with Crippen LogP contribution in [-0.2, 0) is 45.0 Å². The van der Waals surface area contributed by atoms with Gasteiger partial charge in [-0.1, -0.05) is 17.2 Å². The maximum atomic E-state index is 5.56. The first-order chi connectivity index (χ1) is 13.3. The maximum Gasteiger partial charge on any atom is 0.162 e. The van der Waals surface area contributed by atoms with E-state index in [2.05, 4.69) is 10.3 Å². The third kappa shape index (κ3) is 9.14. The van der Waals surface area contributed by atoms with Crippen molar-refractivity contribution in [3.63, 3.8) is 0 Å². The van der Waals surface area contributed by atoms with Gasteiger partial charge in [-0.15, -0.1) is 0 Å². The Hall–Kier alpha value is -1.74. The number of ether oxygens (including phenoxy) is 4. The molecule has 0 aliphatic heterocycles. The van der Waals surface area contributed by atoms with Gasteiger partial charge in [0.2, 0.25) is 0 Å². The molecule has 2 heterocycles. The lowest BCUT2D eigenvalue weighted by atomic mass is 10.2. The summed E-state index contributed by atoms with van der Waals surface area (Å²) in [5.74, 6) is 1.61. The van der Waals surface area contributed by atoms with E-state index in [0.717, 1.165) is 42.8 Å². The van der Waals surface area contributed by atoms with E-state index in [1.807, 2.05) is 19.1 Å². The van der Waals surface area contributed by atoms with Gasteiger partial charge in [-0.2, -0.15) is 0 Å². The molecule has 0 aromatic carbocycles. The standard InChI is InChI=1S/C19H30N2O6/c1-3-18-12-16(20-26-18)6-4-8-23-10-11-25-15-19-13-17(21-27-19)14-24-9-5-7-22-2/h12-13H,3-11,14-15H2,1-2H3. The largest absolute Gasteiger partial charge is 0.385 e. The van der Waals surface area contributed by atoms with E-state index in [-0.39, 0.29) is 0 Å². The smallest absolute Gasteiger partial charge is 0.162 e. The monoisotopic (exact) mass is 382 g/mol. The van der Waals surface area contributed by atoms with Crippen LogP contribution in [-0.4, -0.2) is 50.5 Å². The first-order valence-corrected chi connectivity index (χ1v) is 9.43. The molecule has 0 aliphatic carbocycles. The highest BCUT2D eigenvalue weighted by Crippen LogP contribution is 2.08. The predicted octanol–water partition coefficient (Wildman–Crippen LogP) is 2.94. The lowest BCUT2D eigenvalue weighted by Crippen LogP contribution is -2.05. The van der Waals surface area contributed by atoms with Crippen LogP contribution in [0.4, 0.5) is 0 Å². The number of nitrogens with zero attached hydrogens (tertiary/aromatic N) is 2. The number of aryl methyl sites for hydroxylation is 2. The van der Waals surface area contributed by atoms with Crippen LogP contribution in [0, 0.1) is 0 Å². The van der Waals surface area contributed by atoms with Crippen molar-refractivity contribution in [3.8, 4) is 0 Å². The van der Waals surface area contributed by atoms with Gasteiger partial charge >= 0.3 is 0 Å². The fraction of sp³-hybridized carbons (Fsp3) is 0.684. The molecular weight excluding hydrogens is 352 g/mol. The van der Waals surface area contributed by atoms with Crippen molar-refractivity contribution >= 4 is 0 Å².